The molecule has 3 heterocycles. The number of aromatic nitrogens is 4. The number of hydrogen-bond acceptors (Lipinski definition) is 6. The van der Waals surface area contributed by atoms with Gasteiger partial charge in [-0.1, -0.05) is 11.2 Å². The number of pyridine rings is 1. The van der Waals surface area contributed by atoms with Crippen LogP contribution in [-0.2, 0) is 18.3 Å². The zero-order chi connectivity index (χ0) is 18.8. The van der Waals surface area contributed by atoms with Gasteiger partial charge in [-0.25, -0.2) is 0 Å². The molecule has 0 aliphatic heterocycles. The summed E-state index contributed by atoms with van der Waals surface area (Å²) in [6, 6.07) is 10.9. The normalized spacial score (nSPS) is 10.9. The highest BCUT2D eigenvalue weighted by Crippen LogP contribution is 2.34. The van der Waals surface area contributed by atoms with Gasteiger partial charge < -0.3 is 14.6 Å². The molecule has 1 aromatic carbocycles. The number of amides is 1. The third kappa shape index (κ3) is 3.50. The first-order valence-electron chi connectivity index (χ1n) is 8.36. The summed E-state index contributed by atoms with van der Waals surface area (Å²) in [7, 11) is 1.81. The average molecular weight is 363 g/mol. The van der Waals surface area contributed by atoms with Gasteiger partial charge in [-0.05, 0) is 31.2 Å². The van der Waals surface area contributed by atoms with Gasteiger partial charge in [0.1, 0.15) is 17.3 Å². The lowest BCUT2D eigenvalue weighted by Crippen LogP contribution is -2.14. The van der Waals surface area contributed by atoms with Gasteiger partial charge >= 0.3 is 0 Å². The molecule has 4 rings (SSSR count). The Balaban J connectivity index is 1.65. The molecule has 4 aromatic rings. The average Bonchev–Trinajstić information content (AvgIpc) is 3.20. The van der Waals surface area contributed by atoms with Crippen molar-refractivity contribution in [1.29, 1.82) is 0 Å². The molecule has 0 aliphatic rings. The lowest BCUT2D eigenvalue weighted by atomic mass is 10.2. The molecular weight excluding hydrogens is 346 g/mol. The molecule has 136 valence electrons. The number of aryl methyl sites for hydroxylation is 2. The smallest absolute Gasteiger partial charge is 0.233 e. The topological polar surface area (TPSA) is 95.1 Å². The van der Waals surface area contributed by atoms with E-state index in [1.165, 1.54) is 0 Å². The van der Waals surface area contributed by atoms with E-state index < -0.39 is 0 Å². The summed E-state index contributed by atoms with van der Waals surface area (Å²) in [6.45, 7) is 1.80. The molecule has 1 amide bonds. The molecule has 0 fully saturated rings. The van der Waals surface area contributed by atoms with Crippen LogP contribution in [0, 0.1) is 6.92 Å². The van der Waals surface area contributed by atoms with Crippen LogP contribution in [0.1, 0.15) is 11.5 Å². The van der Waals surface area contributed by atoms with Crippen LogP contribution in [0.15, 0.2) is 53.3 Å². The van der Waals surface area contributed by atoms with Gasteiger partial charge in [0.2, 0.25) is 5.91 Å². The monoisotopic (exact) mass is 363 g/mol. The highest BCUT2D eigenvalue weighted by molar-refractivity contribution is 6.03. The fourth-order valence-corrected chi connectivity index (χ4v) is 2.82. The maximum Gasteiger partial charge on any atom is 0.233 e. The number of carbonyl (C=O) groups excluding carboxylic acids is 1. The van der Waals surface area contributed by atoms with Crippen LogP contribution >= 0.6 is 0 Å². The van der Waals surface area contributed by atoms with Gasteiger partial charge in [0.05, 0.1) is 29.2 Å². The van der Waals surface area contributed by atoms with E-state index in [1.54, 1.807) is 36.1 Å². The number of hydrogen-bond donors (Lipinski definition) is 1. The minimum atomic E-state index is -0.248. The molecule has 0 saturated carbocycles. The van der Waals surface area contributed by atoms with E-state index in [4.69, 9.17) is 9.26 Å². The van der Waals surface area contributed by atoms with Crippen LogP contribution in [0.5, 0.6) is 11.5 Å². The Bertz CT molecular complexity index is 1100. The Morgan fingerprint density at radius 3 is 2.93 bits per heavy atom. The molecule has 0 bridgehead atoms. The number of benzene rings is 1. The van der Waals surface area contributed by atoms with Crippen molar-refractivity contribution in [1.82, 2.24) is 19.9 Å². The molecule has 0 atom stereocenters. The van der Waals surface area contributed by atoms with Crippen LogP contribution in [0.25, 0.3) is 10.9 Å². The Hall–Kier alpha value is -3.68. The lowest BCUT2D eigenvalue weighted by Gasteiger charge is -2.08. The number of fused-ring (bicyclic) bond motifs is 1. The fourth-order valence-electron chi connectivity index (χ4n) is 2.82. The Morgan fingerprint density at radius 2 is 2.19 bits per heavy atom. The molecule has 0 aliphatic carbocycles. The minimum absolute atomic E-state index is 0.0739. The predicted molar refractivity (Wildman–Crippen MR) is 98.6 cm³/mol. The molecule has 0 radical (unpaired) electrons. The fraction of sp³-hybridized carbons (Fsp3) is 0.158. The Morgan fingerprint density at radius 1 is 1.30 bits per heavy atom. The molecule has 8 nitrogen and oxygen atoms in total. The first-order valence-corrected chi connectivity index (χ1v) is 8.36. The maximum atomic E-state index is 12.4. The summed E-state index contributed by atoms with van der Waals surface area (Å²) in [5.74, 6) is 1.86. The SMILES string of the molecule is Cc1cc(CC(=O)Nc2nn(C)c3cccc(Oc4cccnc4)c23)on1. The predicted octanol–water partition coefficient (Wildman–Crippen LogP) is 3.24. The Kier molecular flexibility index (Phi) is 4.29. The van der Waals surface area contributed by atoms with Crippen LogP contribution in [0.2, 0.25) is 0 Å². The van der Waals surface area contributed by atoms with E-state index in [-0.39, 0.29) is 12.3 Å². The first kappa shape index (κ1) is 16.8. The van der Waals surface area contributed by atoms with Gasteiger partial charge in [-0.15, -0.1) is 0 Å². The molecular formula is C19H17N5O3. The number of rotatable bonds is 5. The zero-order valence-electron chi connectivity index (χ0n) is 14.8. The third-order valence-electron chi connectivity index (χ3n) is 3.97. The van der Waals surface area contributed by atoms with E-state index in [1.807, 2.05) is 31.3 Å². The molecule has 3 aromatic heterocycles. The highest BCUT2D eigenvalue weighted by Gasteiger charge is 2.17. The summed E-state index contributed by atoms with van der Waals surface area (Å²) in [5, 5.41) is 11.8. The number of carbonyl (C=O) groups is 1. The number of anilines is 1. The van der Waals surface area contributed by atoms with Gasteiger partial charge in [0.15, 0.2) is 5.82 Å². The van der Waals surface area contributed by atoms with Crippen molar-refractivity contribution in [2.75, 3.05) is 5.32 Å². The summed E-state index contributed by atoms with van der Waals surface area (Å²) in [6.07, 6.45) is 3.37. The van der Waals surface area contributed by atoms with Gasteiger partial charge in [-0.3, -0.25) is 14.5 Å². The first-order chi connectivity index (χ1) is 13.1. The molecule has 0 spiro atoms. The number of ether oxygens (including phenoxy) is 1. The van der Waals surface area contributed by atoms with Gasteiger partial charge in [0.25, 0.3) is 0 Å². The van der Waals surface area contributed by atoms with E-state index >= 15 is 0 Å². The largest absolute Gasteiger partial charge is 0.455 e. The van der Waals surface area contributed by atoms with E-state index in [0.717, 1.165) is 11.2 Å². The second-order valence-electron chi connectivity index (χ2n) is 6.07. The van der Waals surface area contributed by atoms with Crippen molar-refractivity contribution < 1.29 is 14.1 Å². The standard InChI is InChI=1S/C19H17N5O3/c1-12-9-14(27-23-12)10-17(25)21-19-18-15(24(2)22-19)6-3-7-16(18)26-13-5-4-8-20-11-13/h3-9,11H,10H2,1-2H3,(H,21,22,25). The van der Waals surface area contributed by atoms with E-state index in [0.29, 0.717) is 28.5 Å². The molecule has 0 saturated heterocycles. The van der Waals surface area contributed by atoms with E-state index in [9.17, 15) is 4.79 Å². The van der Waals surface area contributed by atoms with Crippen molar-refractivity contribution in [2.45, 2.75) is 13.3 Å². The van der Waals surface area contributed by atoms with Crippen molar-refractivity contribution in [2.24, 2.45) is 7.05 Å². The highest BCUT2D eigenvalue weighted by atomic mass is 16.5. The van der Waals surface area contributed by atoms with Crippen molar-refractivity contribution >= 4 is 22.6 Å². The quantitative estimate of drug-likeness (QED) is 0.585. The van der Waals surface area contributed by atoms with Crippen LogP contribution in [-0.4, -0.2) is 25.8 Å². The lowest BCUT2D eigenvalue weighted by molar-refractivity contribution is -0.115. The minimum Gasteiger partial charge on any atom is -0.455 e. The zero-order valence-corrected chi connectivity index (χ0v) is 14.8. The third-order valence-corrected chi connectivity index (χ3v) is 3.97. The molecule has 27 heavy (non-hydrogen) atoms. The van der Waals surface area contributed by atoms with Gasteiger partial charge in [0, 0.05) is 19.3 Å². The maximum absolute atomic E-state index is 12.4. The van der Waals surface area contributed by atoms with Crippen LogP contribution in [0.3, 0.4) is 0 Å². The summed E-state index contributed by atoms with van der Waals surface area (Å²) in [4.78, 5) is 16.5. The molecule has 8 heteroatoms. The second-order valence-corrected chi connectivity index (χ2v) is 6.07. The summed E-state index contributed by atoms with van der Waals surface area (Å²) < 4.78 is 12.7. The second kappa shape index (κ2) is 6.91. The van der Waals surface area contributed by atoms with Gasteiger partial charge in [-0.2, -0.15) is 5.10 Å². The van der Waals surface area contributed by atoms with Crippen LogP contribution < -0.4 is 10.1 Å². The van der Waals surface area contributed by atoms with Crippen molar-refractivity contribution in [3.63, 3.8) is 0 Å². The van der Waals surface area contributed by atoms with Crippen LogP contribution in [0.4, 0.5) is 5.82 Å². The number of nitrogens with zero attached hydrogens (tertiary/aromatic N) is 4. The Labute approximate surface area is 154 Å². The molecule has 0 unspecified atom stereocenters. The van der Waals surface area contributed by atoms with E-state index in [2.05, 4.69) is 20.6 Å². The summed E-state index contributed by atoms with van der Waals surface area (Å²) >= 11 is 0. The van der Waals surface area contributed by atoms with Crippen molar-refractivity contribution in [3.05, 3.63) is 60.2 Å². The number of nitrogens with one attached hydrogen (secondary N) is 1. The summed E-state index contributed by atoms with van der Waals surface area (Å²) in [5.41, 5.74) is 1.57. The molecule has 1 N–H and O–H groups in total. The van der Waals surface area contributed by atoms with Crippen molar-refractivity contribution in [3.8, 4) is 11.5 Å².